The van der Waals surface area contributed by atoms with Crippen molar-refractivity contribution in [3.63, 3.8) is 0 Å². The van der Waals surface area contributed by atoms with Gasteiger partial charge in [0.05, 0.1) is 17.1 Å². The van der Waals surface area contributed by atoms with Gasteiger partial charge in [-0.25, -0.2) is 9.67 Å². The van der Waals surface area contributed by atoms with Gasteiger partial charge in [-0.05, 0) is 48.7 Å². The largest absolute Gasteiger partial charge is 0.340 e. The highest BCUT2D eigenvalue weighted by atomic mass is 16.2. The number of para-hydroxylation sites is 2. The van der Waals surface area contributed by atoms with Crippen molar-refractivity contribution >= 4 is 16.9 Å². The maximum absolute atomic E-state index is 13.0. The van der Waals surface area contributed by atoms with E-state index in [9.17, 15) is 4.79 Å². The molecular formula is C16H19N7O. The van der Waals surface area contributed by atoms with Crippen LogP contribution in [0.1, 0.15) is 44.1 Å². The normalized spacial score (nSPS) is 19.5. The lowest BCUT2D eigenvalue weighted by Gasteiger charge is -2.36. The first-order valence-electron chi connectivity index (χ1n) is 8.21. The summed E-state index contributed by atoms with van der Waals surface area (Å²) in [6, 6.07) is 7.48. The van der Waals surface area contributed by atoms with Gasteiger partial charge >= 0.3 is 0 Å². The number of carbonyl (C=O) groups excluding carboxylic acids is 1. The summed E-state index contributed by atoms with van der Waals surface area (Å²) in [4.78, 5) is 22.9. The molecule has 8 heteroatoms. The molecule has 0 saturated carbocycles. The Morgan fingerprint density at radius 3 is 3.00 bits per heavy atom. The molecule has 0 bridgehead atoms. The van der Waals surface area contributed by atoms with E-state index in [2.05, 4.69) is 20.5 Å². The van der Waals surface area contributed by atoms with E-state index in [1.165, 1.54) is 11.0 Å². The Kier molecular flexibility index (Phi) is 3.72. The zero-order valence-electron chi connectivity index (χ0n) is 13.5. The number of likely N-dealkylation sites (tertiary alicyclic amines) is 1. The standard InChI is InChI=1S/C16H19N7O/c1-11(23-10-17-20-21-23)16(24)22-9-5-4-8-14(22)15-18-12-6-2-3-7-13(12)19-15/h2-3,6-7,10-11,14H,4-5,8-9H2,1H3,(H,18,19). The zero-order chi connectivity index (χ0) is 16.5. The number of nitrogens with zero attached hydrogens (tertiary/aromatic N) is 6. The summed E-state index contributed by atoms with van der Waals surface area (Å²) in [5.41, 5.74) is 1.93. The van der Waals surface area contributed by atoms with E-state index in [4.69, 9.17) is 4.98 Å². The van der Waals surface area contributed by atoms with Crippen LogP contribution in [0.4, 0.5) is 0 Å². The summed E-state index contributed by atoms with van der Waals surface area (Å²) < 4.78 is 1.49. The molecule has 0 aliphatic carbocycles. The molecule has 1 amide bonds. The number of piperidine rings is 1. The highest BCUT2D eigenvalue weighted by Crippen LogP contribution is 2.32. The Morgan fingerprint density at radius 1 is 1.33 bits per heavy atom. The number of carbonyl (C=O) groups is 1. The van der Waals surface area contributed by atoms with Crippen molar-refractivity contribution in [2.24, 2.45) is 0 Å². The van der Waals surface area contributed by atoms with Crippen molar-refractivity contribution in [2.45, 2.75) is 38.3 Å². The number of aromatic amines is 1. The third-order valence-corrected chi connectivity index (χ3v) is 4.63. The Bertz CT molecular complexity index is 808. The van der Waals surface area contributed by atoms with E-state index in [1.54, 1.807) is 0 Å². The number of tetrazole rings is 1. The molecule has 4 rings (SSSR count). The lowest BCUT2D eigenvalue weighted by atomic mass is 10.0. The van der Waals surface area contributed by atoms with Crippen LogP contribution in [0, 0.1) is 0 Å². The number of fused-ring (bicyclic) bond motifs is 1. The number of amides is 1. The highest BCUT2D eigenvalue weighted by Gasteiger charge is 2.33. The topological polar surface area (TPSA) is 92.6 Å². The van der Waals surface area contributed by atoms with Crippen molar-refractivity contribution in [3.8, 4) is 0 Å². The lowest BCUT2D eigenvalue weighted by molar-refractivity contribution is -0.138. The lowest BCUT2D eigenvalue weighted by Crippen LogP contribution is -2.42. The van der Waals surface area contributed by atoms with Crippen LogP contribution in [0.3, 0.4) is 0 Å². The van der Waals surface area contributed by atoms with Gasteiger partial charge in [-0.2, -0.15) is 0 Å². The van der Waals surface area contributed by atoms with Gasteiger partial charge in [0.15, 0.2) is 0 Å². The van der Waals surface area contributed by atoms with Gasteiger partial charge < -0.3 is 9.88 Å². The van der Waals surface area contributed by atoms with Gasteiger partial charge in [-0.15, -0.1) is 5.10 Å². The molecule has 1 fully saturated rings. The minimum Gasteiger partial charge on any atom is -0.340 e. The number of nitrogens with one attached hydrogen (secondary N) is 1. The molecule has 1 aromatic carbocycles. The second-order valence-corrected chi connectivity index (χ2v) is 6.15. The average molecular weight is 325 g/mol. The van der Waals surface area contributed by atoms with Crippen molar-refractivity contribution in [1.82, 2.24) is 35.1 Å². The summed E-state index contributed by atoms with van der Waals surface area (Å²) >= 11 is 0. The van der Waals surface area contributed by atoms with Crippen LogP contribution in [-0.2, 0) is 4.79 Å². The molecule has 2 unspecified atom stereocenters. The number of hydrogen-bond donors (Lipinski definition) is 1. The number of hydrogen-bond acceptors (Lipinski definition) is 5. The molecular weight excluding hydrogens is 306 g/mol. The van der Waals surface area contributed by atoms with E-state index in [-0.39, 0.29) is 11.9 Å². The fourth-order valence-corrected chi connectivity index (χ4v) is 3.31. The van der Waals surface area contributed by atoms with Crippen molar-refractivity contribution < 1.29 is 4.79 Å². The first-order chi connectivity index (χ1) is 11.7. The van der Waals surface area contributed by atoms with Crippen LogP contribution >= 0.6 is 0 Å². The summed E-state index contributed by atoms with van der Waals surface area (Å²) in [7, 11) is 0. The van der Waals surface area contributed by atoms with Gasteiger partial charge in [0, 0.05) is 6.54 Å². The summed E-state index contributed by atoms with van der Waals surface area (Å²) in [5.74, 6) is 0.876. The fraction of sp³-hybridized carbons (Fsp3) is 0.438. The van der Waals surface area contributed by atoms with Crippen LogP contribution in [0.25, 0.3) is 11.0 Å². The predicted octanol–water partition coefficient (Wildman–Crippen LogP) is 1.86. The van der Waals surface area contributed by atoms with Crippen LogP contribution < -0.4 is 0 Å². The fourth-order valence-electron chi connectivity index (χ4n) is 3.31. The smallest absolute Gasteiger partial charge is 0.247 e. The molecule has 1 aliphatic heterocycles. The molecule has 24 heavy (non-hydrogen) atoms. The third-order valence-electron chi connectivity index (χ3n) is 4.63. The molecule has 1 aliphatic rings. The second-order valence-electron chi connectivity index (χ2n) is 6.15. The van der Waals surface area contributed by atoms with Crippen molar-refractivity contribution in [1.29, 1.82) is 0 Å². The van der Waals surface area contributed by atoms with E-state index >= 15 is 0 Å². The minimum atomic E-state index is -0.426. The first-order valence-corrected chi connectivity index (χ1v) is 8.21. The summed E-state index contributed by atoms with van der Waals surface area (Å²) in [6.07, 6.45) is 4.48. The van der Waals surface area contributed by atoms with Gasteiger partial charge in [-0.3, -0.25) is 4.79 Å². The third kappa shape index (κ3) is 2.53. The number of rotatable bonds is 3. The van der Waals surface area contributed by atoms with Crippen molar-refractivity contribution in [2.75, 3.05) is 6.54 Å². The minimum absolute atomic E-state index is 0.0208. The SMILES string of the molecule is CC(C(=O)N1CCCCC1c1nc2ccccc2[nH]1)n1cnnn1. The Morgan fingerprint density at radius 2 is 2.21 bits per heavy atom. The van der Waals surface area contributed by atoms with E-state index in [0.29, 0.717) is 0 Å². The van der Waals surface area contributed by atoms with Crippen LogP contribution in [0.2, 0.25) is 0 Å². The van der Waals surface area contributed by atoms with Gasteiger partial charge in [0.2, 0.25) is 5.91 Å². The van der Waals surface area contributed by atoms with Gasteiger partial charge in [-0.1, -0.05) is 12.1 Å². The maximum atomic E-state index is 13.0. The Labute approximate surface area is 138 Å². The van der Waals surface area contributed by atoms with E-state index < -0.39 is 6.04 Å². The average Bonchev–Trinajstić information content (AvgIpc) is 3.29. The molecule has 2 atom stereocenters. The van der Waals surface area contributed by atoms with Crippen LogP contribution in [0.5, 0.6) is 0 Å². The first kappa shape index (κ1) is 14.8. The Balaban J connectivity index is 1.64. The number of benzene rings is 1. The van der Waals surface area contributed by atoms with Gasteiger partial charge in [0.25, 0.3) is 0 Å². The maximum Gasteiger partial charge on any atom is 0.247 e. The number of aromatic nitrogens is 6. The number of imidazole rings is 1. The van der Waals surface area contributed by atoms with Crippen LogP contribution in [0.15, 0.2) is 30.6 Å². The summed E-state index contributed by atoms with van der Waals surface area (Å²) in [6.45, 7) is 2.55. The number of H-pyrrole nitrogens is 1. The molecule has 3 aromatic rings. The monoisotopic (exact) mass is 325 g/mol. The molecule has 3 heterocycles. The molecule has 2 aromatic heterocycles. The highest BCUT2D eigenvalue weighted by molar-refractivity contribution is 5.81. The zero-order valence-corrected chi connectivity index (χ0v) is 13.5. The molecule has 1 saturated heterocycles. The van der Waals surface area contributed by atoms with Crippen LogP contribution in [-0.4, -0.2) is 47.5 Å². The van der Waals surface area contributed by atoms with E-state index in [1.807, 2.05) is 36.1 Å². The predicted molar refractivity (Wildman–Crippen MR) is 86.9 cm³/mol. The quantitative estimate of drug-likeness (QED) is 0.793. The Hall–Kier alpha value is -2.77. The molecule has 1 N–H and O–H groups in total. The second kappa shape index (κ2) is 6.03. The van der Waals surface area contributed by atoms with Gasteiger partial charge in [0.1, 0.15) is 18.2 Å². The molecule has 124 valence electrons. The van der Waals surface area contributed by atoms with E-state index in [0.717, 1.165) is 42.7 Å². The molecule has 8 nitrogen and oxygen atoms in total. The van der Waals surface area contributed by atoms with Crippen molar-refractivity contribution in [3.05, 3.63) is 36.4 Å². The molecule has 0 spiro atoms. The summed E-state index contributed by atoms with van der Waals surface area (Å²) in [5, 5.41) is 11.1. The molecule has 0 radical (unpaired) electrons.